The molecule has 0 unspecified atom stereocenters. The summed E-state index contributed by atoms with van der Waals surface area (Å²) in [5, 5.41) is 9.16. The lowest BCUT2D eigenvalue weighted by Crippen LogP contribution is -2.51. The summed E-state index contributed by atoms with van der Waals surface area (Å²) in [6, 6.07) is 2.00. The maximum atomic E-state index is 11.2. The van der Waals surface area contributed by atoms with Gasteiger partial charge in [0, 0.05) is 23.9 Å². The van der Waals surface area contributed by atoms with Gasteiger partial charge in [0.25, 0.3) is 0 Å². The standard InChI is InChI=1S/C13H16ClNO3S/c1-8-7-13(3-4-15(8)12(16)17)11-9(2-5-18-13)6-10(14)19-11/h6,8H,2-5,7H2,1H3,(H,16,17)/t8-,13-/m0/s1. The van der Waals surface area contributed by atoms with Crippen LogP contribution in [0.2, 0.25) is 4.34 Å². The molecule has 3 heterocycles. The van der Waals surface area contributed by atoms with Crippen molar-refractivity contribution < 1.29 is 14.6 Å². The minimum Gasteiger partial charge on any atom is -0.465 e. The van der Waals surface area contributed by atoms with Crippen molar-refractivity contribution in [3.05, 3.63) is 20.8 Å². The molecule has 1 N–H and O–H groups in total. The number of ether oxygens (including phenoxy) is 1. The number of rotatable bonds is 0. The van der Waals surface area contributed by atoms with E-state index < -0.39 is 6.09 Å². The quantitative estimate of drug-likeness (QED) is 0.799. The molecule has 0 radical (unpaired) electrons. The van der Waals surface area contributed by atoms with Crippen LogP contribution in [0.5, 0.6) is 0 Å². The summed E-state index contributed by atoms with van der Waals surface area (Å²) in [6.45, 7) is 3.16. The molecule has 6 heteroatoms. The molecule has 1 aromatic rings. The topological polar surface area (TPSA) is 49.8 Å². The summed E-state index contributed by atoms with van der Waals surface area (Å²) in [5.74, 6) is 0. The second-order valence-electron chi connectivity index (χ2n) is 5.28. The molecule has 104 valence electrons. The van der Waals surface area contributed by atoms with Crippen molar-refractivity contribution in [2.45, 2.75) is 37.8 Å². The number of fused-ring (bicyclic) bond motifs is 2. The fourth-order valence-electron chi connectivity index (χ4n) is 3.22. The van der Waals surface area contributed by atoms with Gasteiger partial charge in [0.1, 0.15) is 5.60 Å². The van der Waals surface area contributed by atoms with Crippen LogP contribution in [0, 0.1) is 0 Å². The highest BCUT2D eigenvalue weighted by atomic mass is 35.5. The minimum atomic E-state index is -0.845. The molecule has 0 aliphatic carbocycles. The predicted molar refractivity (Wildman–Crippen MR) is 74.1 cm³/mol. The second kappa shape index (κ2) is 4.65. The highest BCUT2D eigenvalue weighted by Gasteiger charge is 2.45. The van der Waals surface area contributed by atoms with Crippen molar-refractivity contribution in [2.24, 2.45) is 0 Å². The lowest BCUT2D eigenvalue weighted by atomic mass is 9.82. The Morgan fingerprint density at radius 2 is 2.47 bits per heavy atom. The van der Waals surface area contributed by atoms with Crippen molar-refractivity contribution in [3.63, 3.8) is 0 Å². The van der Waals surface area contributed by atoms with Crippen LogP contribution < -0.4 is 0 Å². The first-order chi connectivity index (χ1) is 9.02. The molecule has 2 atom stereocenters. The van der Waals surface area contributed by atoms with Crippen LogP contribution in [-0.4, -0.2) is 35.3 Å². The van der Waals surface area contributed by atoms with Gasteiger partial charge < -0.3 is 14.7 Å². The number of likely N-dealkylation sites (tertiary alicyclic amines) is 1. The van der Waals surface area contributed by atoms with Gasteiger partial charge in [0.2, 0.25) is 0 Å². The van der Waals surface area contributed by atoms with E-state index in [1.165, 1.54) is 15.3 Å². The van der Waals surface area contributed by atoms with Crippen molar-refractivity contribution in [3.8, 4) is 0 Å². The molecule has 0 bridgehead atoms. The number of halogens is 1. The van der Waals surface area contributed by atoms with E-state index in [9.17, 15) is 4.79 Å². The molecular weight excluding hydrogens is 286 g/mol. The molecule has 19 heavy (non-hydrogen) atoms. The summed E-state index contributed by atoms with van der Waals surface area (Å²) < 4.78 is 6.87. The Hall–Kier alpha value is -0.780. The van der Waals surface area contributed by atoms with Gasteiger partial charge in [-0.05, 0) is 31.4 Å². The van der Waals surface area contributed by atoms with Gasteiger partial charge in [-0.15, -0.1) is 11.3 Å². The van der Waals surface area contributed by atoms with Crippen LogP contribution in [0.1, 0.15) is 30.2 Å². The van der Waals surface area contributed by atoms with E-state index in [1.54, 1.807) is 11.3 Å². The first kappa shape index (κ1) is 13.2. The fourth-order valence-corrected chi connectivity index (χ4v) is 4.70. The molecule has 0 saturated carbocycles. The lowest BCUT2D eigenvalue weighted by molar-refractivity contribution is -0.104. The maximum absolute atomic E-state index is 11.2. The predicted octanol–water partition coefficient (Wildman–Crippen LogP) is 3.33. The molecular formula is C13H16ClNO3S. The Morgan fingerprint density at radius 1 is 1.68 bits per heavy atom. The molecule has 4 nitrogen and oxygen atoms in total. The third-order valence-electron chi connectivity index (χ3n) is 4.10. The van der Waals surface area contributed by atoms with E-state index in [1.807, 2.05) is 13.0 Å². The number of hydrogen-bond donors (Lipinski definition) is 1. The van der Waals surface area contributed by atoms with Gasteiger partial charge >= 0.3 is 6.09 Å². The summed E-state index contributed by atoms with van der Waals surface area (Å²) in [5.41, 5.74) is 0.953. The number of carboxylic acid groups (broad SMARTS) is 1. The Morgan fingerprint density at radius 3 is 3.16 bits per heavy atom. The number of amides is 1. The van der Waals surface area contributed by atoms with Gasteiger partial charge in [-0.2, -0.15) is 0 Å². The molecule has 3 rings (SSSR count). The molecule has 1 saturated heterocycles. The third kappa shape index (κ3) is 2.14. The Bertz CT molecular complexity index is 518. The smallest absolute Gasteiger partial charge is 0.407 e. The Balaban J connectivity index is 1.92. The molecule has 1 aromatic heterocycles. The summed E-state index contributed by atoms with van der Waals surface area (Å²) in [4.78, 5) is 13.9. The number of hydrogen-bond acceptors (Lipinski definition) is 3. The highest BCUT2D eigenvalue weighted by Crippen LogP contribution is 2.47. The van der Waals surface area contributed by atoms with Gasteiger partial charge in [-0.3, -0.25) is 0 Å². The van der Waals surface area contributed by atoms with Crippen LogP contribution in [0.3, 0.4) is 0 Å². The van der Waals surface area contributed by atoms with E-state index in [0.29, 0.717) is 26.0 Å². The number of nitrogens with zero attached hydrogens (tertiary/aromatic N) is 1. The normalized spacial score (nSPS) is 30.4. The Kier molecular flexibility index (Phi) is 3.23. The van der Waals surface area contributed by atoms with Gasteiger partial charge in [0.15, 0.2) is 0 Å². The minimum absolute atomic E-state index is 0.0296. The van der Waals surface area contributed by atoms with Crippen molar-refractivity contribution in [2.75, 3.05) is 13.2 Å². The fraction of sp³-hybridized carbons (Fsp3) is 0.615. The van der Waals surface area contributed by atoms with Gasteiger partial charge in [-0.1, -0.05) is 11.6 Å². The monoisotopic (exact) mass is 301 g/mol. The van der Waals surface area contributed by atoms with Gasteiger partial charge in [0.05, 0.1) is 10.9 Å². The van der Waals surface area contributed by atoms with Gasteiger partial charge in [-0.25, -0.2) is 4.79 Å². The zero-order valence-corrected chi connectivity index (χ0v) is 12.3. The van der Waals surface area contributed by atoms with Crippen LogP contribution in [0.25, 0.3) is 0 Å². The van der Waals surface area contributed by atoms with E-state index >= 15 is 0 Å². The molecule has 1 fully saturated rings. The number of carbonyl (C=O) groups is 1. The van der Waals surface area contributed by atoms with Crippen molar-refractivity contribution in [1.82, 2.24) is 4.90 Å². The summed E-state index contributed by atoms with van der Waals surface area (Å²) in [6.07, 6.45) is 1.48. The number of piperidine rings is 1. The van der Waals surface area contributed by atoms with Crippen LogP contribution in [0.15, 0.2) is 6.07 Å². The van der Waals surface area contributed by atoms with E-state index in [0.717, 1.165) is 10.8 Å². The molecule has 1 spiro atoms. The third-order valence-corrected chi connectivity index (χ3v) is 5.59. The molecule has 2 aliphatic heterocycles. The number of thiophene rings is 1. The highest BCUT2D eigenvalue weighted by molar-refractivity contribution is 7.16. The van der Waals surface area contributed by atoms with Crippen LogP contribution >= 0.6 is 22.9 Å². The lowest BCUT2D eigenvalue weighted by Gasteiger charge is -2.46. The SMILES string of the molecule is C[C@H]1C[C@]2(CCN1C(=O)O)OCCc1cc(Cl)sc12. The van der Waals surface area contributed by atoms with E-state index in [-0.39, 0.29) is 11.6 Å². The van der Waals surface area contributed by atoms with E-state index in [4.69, 9.17) is 21.4 Å². The molecule has 1 amide bonds. The maximum Gasteiger partial charge on any atom is 0.407 e. The molecule has 2 aliphatic rings. The first-order valence-electron chi connectivity index (χ1n) is 6.44. The molecule has 0 aromatic carbocycles. The van der Waals surface area contributed by atoms with Crippen molar-refractivity contribution in [1.29, 1.82) is 0 Å². The van der Waals surface area contributed by atoms with E-state index in [2.05, 4.69) is 0 Å². The van der Waals surface area contributed by atoms with Crippen LogP contribution in [0.4, 0.5) is 4.79 Å². The summed E-state index contributed by atoms with van der Waals surface area (Å²) in [7, 11) is 0. The summed E-state index contributed by atoms with van der Waals surface area (Å²) >= 11 is 7.71. The van der Waals surface area contributed by atoms with Crippen LogP contribution in [-0.2, 0) is 16.8 Å². The van der Waals surface area contributed by atoms with Crippen molar-refractivity contribution >= 4 is 29.0 Å². The first-order valence-corrected chi connectivity index (χ1v) is 7.63. The zero-order valence-electron chi connectivity index (χ0n) is 10.7. The average molecular weight is 302 g/mol. The average Bonchev–Trinajstić information content (AvgIpc) is 2.71. The largest absolute Gasteiger partial charge is 0.465 e. The zero-order chi connectivity index (χ0) is 13.6. The Labute approximate surface area is 120 Å². The second-order valence-corrected chi connectivity index (χ2v) is 6.96.